The Bertz CT molecular complexity index is 1390. The van der Waals surface area contributed by atoms with Gasteiger partial charge in [-0.2, -0.15) is 18.2 Å². The number of benzene rings is 2. The fraction of sp³-hybridized carbons (Fsp3) is 0.240. The van der Waals surface area contributed by atoms with Crippen molar-refractivity contribution >= 4 is 40.6 Å². The number of aryl methyl sites for hydroxylation is 1. The van der Waals surface area contributed by atoms with E-state index in [0.29, 0.717) is 46.9 Å². The number of hydrogen-bond acceptors (Lipinski definition) is 7. The predicted molar refractivity (Wildman–Crippen MR) is 138 cm³/mol. The SMILES string of the molecule is COCCCc1sc(C(F)(F)F)nc1C(=[N-])O/C(N)=N/[C@H]1N=C(c2ccccc2)c2ccccc2NC1=O. The van der Waals surface area contributed by atoms with Crippen LogP contribution in [0.5, 0.6) is 0 Å². The van der Waals surface area contributed by atoms with Gasteiger partial charge < -0.3 is 25.9 Å². The first-order chi connectivity index (χ1) is 18.2. The summed E-state index contributed by atoms with van der Waals surface area (Å²) in [5.74, 6) is -1.60. The molecule has 1 aromatic heterocycles. The van der Waals surface area contributed by atoms with E-state index in [2.05, 4.69) is 20.3 Å². The number of alkyl halides is 3. The zero-order chi connectivity index (χ0) is 27.3. The van der Waals surface area contributed by atoms with Crippen LogP contribution in [0.15, 0.2) is 64.6 Å². The fourth-order valence-corrected chi connectivity index (χ4v) is 4.60. The second-order valence-electron chi connectivity index (χ2n) is 8.01. The molecule has 3 aromatic rings. The van der Waals surface area contributed by atoms with E-state index < -0.39 is 40.9 Å². The highest BCUT2D eigenvalue weighted by Gasteiger charge is 2.36. The number of fused-ring (bicyclic) bond motifs is 1. The molecular weight excluding hydrogens is 521 g/mol. The maximum absolute atomic E-state index is 13.3. The Morgan fingerprint density at radius 3 is 2.61 bits per heavy atom. The summed E-state index contributed by atoms with van der Waals surface area (Å²) in [6, 6.07) is 15.5. The minimum absolute atomic E-state index is 0.131. The van der Waals surface area contributed by atoms with Crippen molar-refractivity contribution in [3.63, 3.8) is 0 Å². The predicted octanol–water partition coefficient (Wildman–Crippen LogP) is 4.20. The number of rotatable bonds is 7. The maximum Gasteiger partial charge on any atom is 0.443 e. The molecule has 1 aliphatic heterocycles. The first-order valence-electron chi connectivity index (χ1n) is 11.3. The minimum atomic E-state index is -4.71. The number of nitrogens with one attached hydrogen (secondary N) is 1. The molecule has 9 nitrogen and oxygen atoms in total. The van der Waals surface area contributed by atoms with Crippen molar-refractivity contribution in [2.75, 3.05) is 19.0 Å². The van der Waals surface area contributed by atoms with E-state index >= 15 is 0 Å². The van der Waals surface area contributed by atoms with Crippen molar-refractivity contribution in [2.45, 2.75) is 25.2 Å². The molecule has 0 saturated heterocycles. The van der Waals surface area contributed by atoms with Crippen LogP contribution in [0, 0.1) is 0 Å². The summed E-state index contributed by atoms with van der Waals surface area (Å²) in [5.41, 5.74) is 7.77. The van der Waals surface area contributed by atoms with Crippen molar-refractivity contribution < 1.29 is 27.4 Å². The van der Waals surface area contributed by atoms with Gasteiger partial charge in [-0.25, -0.2) is 9.98 Å². The van der Waals surface area contributed by atoms with Crippen molar-refractivity contribution in [3.8, 4) is 0 Å². The van der Waals surface area contributed by atoms with Gasteiger partial charge in [-0.15, -0.1) is 11.3 Å². The number of nitrogens with zero attached hydrogens (tertiary/aromatic N) is 4. The fourth-order valence-electron chi connectivity index (χ4n) is 3.64. The molecule has 3 N–H and O–H groups in total. The molecular formula is C25H22F3N6O3S-. The number of aliphatic imine (C=N–C) groups is 2. The molecule has 1 aliphatic rings. The van der Waals surface area contributed by atoms with E-state index in [1.54, 1.807) is 24.3 Å². The van der Waals surface area contributed by atoms with Crippen LogP contribution in [-0.2, 0) is 26.9 Å². The number of nitrogens with two attached hydrogens (primary N) is 1. The zero-order valence-corrected chi connectivity index (χ0v) is 20.8. The molecule has 0 spiro atoms. The van der Waals surface area contributed by atoms with Gasteiger partial charge in [0.1, 0.15) is 0 Å². The number of para-hydroxylation sites is 1. The van der Waals surface area contributed by atoms with Gasteiger partial charge in [0, 0.05) is 35.6 Å². The van der Waals surface area contributed by atoms with E-state index in [0.717, 1.165) is 0 Å². The highest BCUT2D eigenvalue weighted by atomic mass is 32.1. The molecule has 0 aliphatic carbocycles. The van der Waals surface area contributed by atoms with Crippen LogP contribution in [0.4, 0.5) is 18.9 Å². The van der Waals surface area contributed by atoms with Crippen LogP contribution in [-0.4, -0.2) is 48.4 Å². The van der Waals surface area contributed by atoms with Gasteiger partial charge in [0.05, 0.1) is 17.1 Å². The molecule has 2 heterocycles. The highest BCUT2D eigenvalue weighted by Crippen LogP contribution is 2.35. The number of carbonyl (C=O) groups is 1. The lowest BCUT2D eigenvalue weighted by molar-refractivity contribution is -0.137. The number of methoxy groups -OCH3 is 1. The first kappa shape index (κ1) is 26.9. The number of halogens is 3. The average Bonchev–Trinajstić information content (AvgIpc) is 3.27. The molecule has 0 unspecified atom stereocenters. The van der Waals surface area contributed by atoms with E-state index in [-0.39, 0.29) is 11.3 Å². The summed E-state index contributed by atoms with van der Waals surface area (Å²) < 4.78 is 49.8. The lowest BCUT2D eigenvalue weighted by Gasteiger charge is -2.15. The smallest absolute Gasteiger partial charge is 0.443 e. The topological polar surface area (TPSA) is 133 Å². The molecule has 0 bridgehead atoms. The standard InChI is InChI=1S/C25H22F3N6O3S/c1-36-13-7-12-17-19(33-23(38-17)25(26,27)28)20(29)37-24(30)34-21-22(35)31-16-11-6-5-10-15(16)18(32-21)14-8-3-2-4-9-14/h2-6,8-11,21H,7,12-13H2,1H3,(H2,30,34)(H,31,35)/q-1/t21-/m1/s1. The van der Waals surface area contributed by atoms with Crippen molar-refractivity contribution in [3.05, 3.63) is 86.7 Å². The number of carbonyl (C=O) groups excluding carboxylic acids is 1. The summed E-state index contributed by atoms with van der Waals surface area (Å²) in [5, 5.41) is 12.1. The zero-order valence-electron chi connectivity index (χ0n) is 20.0. The second-order valence-corrected chi connectivity index (χ2v) is 9.10. The summed E-state index contributed by atoms with van der Waals surface area (Å²) in [4.78, 5) is 25.0. The number of benzodiazepines with no additional fused rings is 1. The van der Waals surface area contributed by atoms with Crippen molar-refractivity contribution in [1.29, 1.82) is 0 Å². The van der Waals surface area contributed by atoms with E-state index in [1.165, 1.54) is 7.11 Å². The molecule has 13 heteroatoms. The highest BCUT2D eigenvalue weighted by molar-refractivity contribution is 7.12. The monoisotopic (exact) mass is 543 g/mol. The lowest BCUT2D eigenvalue weighted by Crippen LogP contribution is -2.29. The molecule has 1 atom stereocenters. The summed E-state index contributed by atoms with van der Waals surface area (Å²) in [7, 11) is 1.46. The maximum atomic E-state index is 13.3. The third-order valence-corrected chi connectivity index (χ3v) is 6.48. The van der Waals surface area contributed by atoms with Crippen LogP contribution in [0.25, 0.3) is 5.41 Å². The van der Waals surface area contributed by atoms with E-state index in [9.17, 15) is 23.4 Å². The third-order valence-electron chi connectivity index (χ3n) is 5.32. The Morgan fingerprint density at radius 2 is 1.89 bits per heavy atom. The molecule has 198 valence electrons. The number of hydrogen-bond donors (Lipinski definition) is 2. The van der Waals surface area contributed by atoms with Crippen LogP contribution in [0.1, 0.15) is 33.1 Å². The molecule has 0 fully saturated rings. The van der Waals surface area contributed by atoms with Crippen molar-refractivity contribution in [2.24, 2.45) is 15.7 Å². The van der Waals surface area contributed by atoms with Crippen molar-refractivity contribution in [1.82, 2.24) is 4.98 Å². The van der Waals surface area contributed by atoms with Gasteiger partial charge in [-0.3, -0.25) is 4.79 Å². The number of aromatic nitrogens is 1. The largest absolute Gasteiger partial charge is 0.769 e. The third kappa shape index (κ3) is 6.23. The summed E-state index contributed by atoms with van der Waals surface area (Å²) in [6.45, 7) is 0.296. The molecule has 2 aromatic carbocycles. The van der Waals surface area contributed by atoms with Gasteiger partial charge >= 0.3 is 6.18 Å². The van der Waals surface area contributed by atoms with E-state index in [4.69, 9.17) is 15.2 Å². The van der Waals surface area contributed by atoms with Gasteiger partial charge in [-0.1, -0.05) is 48.5 Å². The summed E-state index contributed by atoms with van der Waals surface area (Å²) >= 11 is 0.383. The Morgan fingerprint density at radius 1 is 1.18 bits per heavy atom. The number of anilines is 1. The number of amides is 1. The van der Waals surface area contributed by atoms with Crippen LogP contribution >= 0.6 is 11.3 Å². The van der Waals surface area contributed by atoms with E-state index in [1.807, 2.05) is 30.3 Å². The number of ether oxygens (including phenoxy) is 2. The molecule has 38 heavy (non-hydrogen) atoms. The van der Waals surface area contributed by atoms with Crippen LogP contribution < -0.4 is 11.1 Å². The Kier molecular flexibility index (Phi) is 8.17. The molecule has 1 amide bonds. The first-order valence-corrected chi connectivity index (χ1v) is 12.2. The average molecular weight is 544 g/mol. The van der Waals surface area contributed by atoms with Gasteiger partial charge in [0.25, 0.3) is 11.9 Å². The Hall–Kier alpha value is -4.10. The summed E-state index contributed by atoms with van der Waals surface area (Å²) in [6.07, 6.45) is -5.59. The molecule has 0 radical (unpaired) electrons. The van der Waals surface area contributed by atoms with Crippen LogP contribution in [0.2, 0.25) is 0 Å². The quantitative estimate of drug-likeness (QED) is 0.262. The Labute approximate surface area is 219 Å². The van der Waals surface area contributed by atoms with Crippen LogP contribution in [0.3, 0.4) is 0 Å². The normalized spacial score (nSPS) is 15.8. The molecule has 0 saturated carbocycles. The minimum Gasteiger partial charge on any atom is -0.769 e. The van der Waals surface area contributed by atoms with Gasteiger partial charge in [0.2, 0.25) is 6.17 Å². The number of amidine groups is 1. The second kappa shape index (κ2) is 11.5. The number of thiazole rings is 1. The van der Waals surface area contributed by atoms with Gasteiger partial charge in [-0.05, 0) is 18.9 Å². The van der Waals surface area contributed by atoms with Gasteiger partial charge in [0.15, 0.2) is 5.01 Å². The molecule has 4 rings (SSSR count). The lowest BCUT2D eigenvalue weighted by atomic mass is 10.0. The Balaban J connectivity index is 1.63.